The molecule has 1 aromatic rings. The van der Waals surface area contributed by atoms with E-state index in [2.05, 4.69) is 15.6 Å². The smallest absolute Gasteiger partial charge is 0.390 e. The molecular weight excluding hydrogens is 405 g/mol. The van der Waals surface area contributed by atoms with Gasteiger partial charge in [0.25, 0.3) is 0 Å². The number of aliphatic imine (C=N–C) groups is 1. The van der Waals surface area contributed by atoms with Crippen molar-refractivity contribution in [2.75, 3.05) is 0 Å². The Morgan fingerprint density at radius 3 is 2.29 bits per heavy atom. The molecule has 5 aliphatic rings. The lowest BCUT2D eigenvalue weighted by Crippen LogP contribution is -2.63. The summed E-state index contributed by atoms with van der Waals surface area (Å²) in [6, 6.07) is 5.38. The summed E-state index contributed by atoms with van der Waals surface area (Å²) in [4.78, 5) is 4.12. The van der Waals surface area contributed by atoms with E-state index in [4.69, 9.17) is 0 Å². The van der Waals surface area contributed by atoms with E-state index in [1.165, 1.54) is 12.1 Å². The van der Waals surface area contributed by atoms with Gasteiger partial charge in [-0.15, -0.1) is 0 Å². The molecular formula is C23H27F3N4O. The first-order chi connectivity index (χ1) is 14.7. The molecule has 3 N–H and O–H groups in total. The minimum atomic E-state index is -4.34. The van der Waals surface area contributed by atoms with Crippen molar-refractivity contribution in [3.05, 3.63) is 35.4 Å². The summed E-state index contributed by atoms with van der Waals surface area (Å²) in [5.41, 5.74) is -0.842. The van der Waals surface area contributed by atoms with E-state index in [0.717, 1.165) is 62.6 Å². The number of amidine groups is 1. The molecule has 0 radical (unpaired) electrons. The van der Waals surface area contributed by atoms with E-state index < -0.39 is 22.9 Å². The van der Waals surface area contributed by atoms with Crippen molar-refractivity contribution in [3.8, 4) is 6.19 Å². The minimum Gasteiger partial charge on any atom is -0.390 e. The van der Waals surface area contributed by atoms with E-state index in [9.17, 15) is 23.5 Å². The Morgan fingerprint density at radius 2 is 1.77 bits per heavy atom. The molecule has 0 spiro atoms. The second kappa shape index (κ2) is 7.21. The van der Waals surface area contributed by atoms with Crippen molar-refractivity contribution in [1.82, 2.24) is 10.6 Å². The number of hydrogen-bond acceptors (Lipinski definition) is 4. The summed E-state index contributed by atoms with van der Waals surface area (Å²) in [5, 5.41) is 27.1. The summed E-state index contributed by atoms with van der Waals surface area (Å²) in [7, 11) is 0. The van der Waals surface area contributed by atoms with Gasteiger partial charge in [-0.1, -0.05) is 12.1 Å². The number of hydrogen-bond donors (Lipinski definition) is 3. The molecule has 5 nitrogen and oxygen atoms in total. The van der Waals surface area contributed by atoms with Crippen LogP contribution in [0.4, 0.5) is 13.2 Å². The third-order valence-corrected chi connectivity index (χ3v) is 7.82. The zero-order valence-corrected chi connectivity index (χ0v) is 17.3. The Bertz CT molecular complexity index is 900. The Morgan fingerprint density at radius 1 is 1.13 bits per heavy atom. The molecule has 0 aliphatic heterocycles. The van der Waals surface area contributed by atoms with Gasteiger partial charge in [-0.3, -0.25) is 0 Å². The molecule has 5 aliphatic carbocycles. The number of benzene rings is 1. The van der Waals surface area contributed by atoms with E-state index >= 15 is 0 Å². The number of alkyl halides is 3. The SMILES string of the molecule is N#CN=C(NC1C2CC3CC1CC(O)(C3)C2)C1(NCc2ccc(C(F)(F)F)cc2)CC1. The fourth-order valence-electron chi connectivity index (χ4n) is 6.41. The number of rotatable bonds is 5. The van der Waals surface area contributed by atoms with Crippen molar-refractivity contribution in [2.45, 2.75) is 74.8 Å². The average Bonchev–Trinajstić information content (AvgIpc) is 3.48. The third kappa shape index (κ3) is 3.94. The van der Waals surface area contributed by atoms with Crippen LogP contribution in [0.2, 0.25) is 0 Å². The van der Waals surface area contributed by atoms with Crippen molar-refractivity contribution in [3.63, 3.8) is 0 Å². The maximum absolute atomic E-state index is 12.8. The summed E-state index contributed by atoms with van der Waals surface area (Å²) >= 11 is 0. The topological polar surface area (TPSA) is 80.4 Å². The van der Waals surface area contributed by atoms with Crippen LogP contribution >= 0.6 is 0 Å². The Balaban J connectivity index is 1.26. The van der Waals surface area contributed by atoms with E-state index in [0.29, 0.717) is 30.1 Å². The lowest BCUT2D eigenvalue weighted by Gasteiger charge is -2.58. The molecule has 1 aromatic carbocycles. The summed E-state index contributed by atoms with van der Waals surface area (Å²) < 4.78 is 38.3. The number of aliphatic hydroxyl groups is 1. The molecule has 0 saturated heterocycles. The van der Waals surface area contributed by atoms with Crippen molar-refractivity contribution >= 4 is 5.84 Å². The number of nitrogens with one attached hydrogen (secondary N) is 2. The van der Waals surface area contributed by atoms with Gasteiger partial charge >= 0.3 is 6.18 Å². The van der Waals surface area contributed by atoms with Crippen LogP contribution in [0.3, 0.4) is 0 Å². The van der Waals surface area contributed by atoms with Gasteiger partial charge in [0.15, 0.2) is 0 Å². The zero-order chi connectivity index (χ0) is 21.9. The maximum atomic E-state index is 12.8. The number of nitriles is 1. The normalized spacial score (nSPS) is 35.6. The standard InChI is InChI=1S/C23H27F3N4O/c24-23(25,26)18-3-1-14(2-4-18)12-29-22(5-6-22)20(28-13-27)30-19-16-7-15-8-17(19)11-21(31,9-15)10-16/h1-4,15-17,19,29,31H,5-12H2,(H,28,30). The predicted molar refractivity (Wildman–Crippen MR) is 109 cm³/mol. The van der Waals surface area contributed by atoms with Gasteiger partial charge in [-0.25, -0.2) is 0 Å². The van der Waals surface area contributed by atoms with Crippen LogP contribution in [0, 0.1) is 29.2 Å². The van der Waals surface area contributed by atoms with Crippen LogP contribution < -0.4 is 10.6 Å². The monoisotopic (exact) mass is 432 g/mol. The molecule has 31 heavy (non-hydrogen) atoms. The first-order valence-electron chi connectivity index (χ1n) is 11.1. The molecule has 2 unspecified atom stereocenters. The van der Waals surface area contributed by atoms with Crippen LogP contribution in [0.1, 0.15) is 56.1 Å². The molecule has 8 heteroatoms. The van der Waals surface area contributed by atoms with Gasteiger partial charge in [0, 0.05) is 12.6 Å². The molecule has 0 amide bonds. The van der Waals surface area contributed by atoms with Crippen molar-refractivity contribution in [2.24, 2.45) is 22.7 Å². The average molecular weight is 432 g/mol. The summed E-state index contributed by atoms with van der Waals surface area (Å²) in [6.45, 7) is 0.406. The highest BCUT2D eigenvalue weighted by Crippen LogP contribution is 2.56. The zero-order valence-electron chi connectivity index (χ0n) is 17.3. The third-order valence-electron chi connectivity index (χ3n) is 7.82. The molecule has 0 aromatic heterocycles. The van der Waals surface area contributed by atoms with Crippen LogP contribution in [0.5, 0.6) is 0 Å². The number of halogens is 3. The first kappa shape index (κ1) is 20.8. The van der Waals surface area contributed by atoms with Gasteiger partial charge in [0.05, 0.1) is 16.7 Å². The molecule has 4 bridgehead atoms. The highest BCUT2D eigenvalue weighted by molar-refractivity contribution is 5.95. The van der Waals surface area contributed by atoms with Crippen LogP contribution in [-0.2, 0) is 12.7 Å². The van der Waals surface area contributed by atoms with Crippen molar-refractivity contribution in [1.29, 1.82) is 5.26 Å². The number of nitrogens with zero attached hydrogens (tertiary/aromatic N) is 2. The van der Waals surface area contributed by atoms with Gasteiger partial charge in [-0.2, -0.15) is 23.4 Å². The van der Waals surface area contributed by atoms with Crippen molar-refractivity contribution < 1.29 is 18.3 Å². The highest BCUT2D eigenvalue weighted by Gasteiger charge is 2.56. The summed E-state index contributed by atoms with van der Waals surface area (Å²) in [6.07, 6.45) is 4.01. The lowest BCUT2D eigenvalue weighted by atomic mass is 9.52. The van der Waals surface area contributed by atoms with Gasteiger partial charge in [-0.05, 0) is 80.4 Å². The fourth-order valence-corrected chi connectivity index (χ4v) is 6.41. The Kier molecular flexibility index (Phi) is 4.83. The molecule has 0 heterocycles. The Hall–Kier alpha value is -2.11. The maximum Gasteiger partial charge on any atom is 0.416 e. The van der Waals surface area contributed by atoms with E-state index in [1.807, 2.05) is 6.19 Å². The molecule has 2 atom stereocenters. The lowest BCUT2D eigenvalue weighted by molar-refractivity contribution is -0.137. The van der Waals surface area contributed by atoms with Crippen LogP contribution in [0.25, 0.3) is 0 Å². The molecule has 5 fully saturated rings. The fraction of sp³-hybridized carbons (Fsp3) is 0.652. The van der Waals surface area contributed by atoms with E-state index in [-0.39, 0.29) is 6.04 Å². The Labute approximate surface area is 179 Å². The van der Waals surface area contributed by atoms with Gasteiger partial charge in [0.2, 0.25) is 6.19 Å². The van der Waals surface area contributed by atoms with Gasteiger partial charge in [0.1, 0.15) is 5.84 Å². The first-order valence-corrected chi connectivity index (χ1v) is 11.1. The van der Waals surface area contributed by atoms with Crippen LogP contribution in [-0.4, -0.2) is 28.1 Å². The molecule has 5 saturated carbocycles. The minimum absolute atomic E-state index is 0.217. The second-order valence-corrected chi connectivity index (χ2v) is 10.1. The van der Waals surface area contributed by atoms with E-state index in [1.54, 1.807) is 0 Å². The largest absolute Gasteiger partial charge is 0.416 e. The quantitative estimate of drug-likeness (QED) is 0.376. The summed E-state index contributed by atoms with van der Waals surface area (Å²) in [5.74, 6) is 2.03. The van der Waals surface area contributed by atoms with Gasteiger partial charge < -0.3 is 15.7 Å². The predicted octanol–water partition coefficient (Wildman–Crippen LogP) is 3.74. The molecule has 6 rings (SSSR count). The molecule has 166 valence electrons. The second-order valence-electron chi connectivity index (χ2n) is 10.1. The van der Waals surface area contributed by atoms with Crippen LogP contribution in [0.15, 0.2) is 29.3 Å². The highest BCUT2D eigenvalue weighted by atomic mass is 19.4.